The Morgan fingerprint density at radius 3 is 2.17 bits per heavy atom. The second kappa shape index (κ2) is 6.95. The lowest BCUT2D eigenvalue weighted by Crippen LogP contribution is -2.12. The number of hydrogen-bond donors (Lipinski definition) is 2. The highest BCUT2D eigenvalue weighted by molar-refractivity contribution is 6.36. The van der Waals surface area contributed by atoms with Crippen LogP contribution in [-0.4, -0.2) is 11.0 Å². The van der Waals surface area contributed by atoms with E-state index in [0.717, 1.165) is 11.1 Å². The standard InChI is InChI=1S/C19H13Cl2NO2/c20-15-10-16(21)18(23)17(11-15)22-19(24)14-8-6-13(7-9-14)12-4-2-1-3-5-12/h1-11,23H,(H,22,24). The van der Waals surface area contributed by atoms with Crippen LogP contribution in [0.2, 0.25) is 10.0 Å². The molecule has 0 atom stereocenters. The number of halogens is 2. The number of rotatable bonds is 3. The molecule has 24 heavy (non-hydrogen) atoms. The van der Waals surface area contributed by atoms with Crippen LogP contribution >= 0.6 is 23.2 Å². The highest BCUT2D eigenvalue weighted by Gasteiger charge is 2.12. The molecule has 5 heteroatoms. The van der Waals surface area contributed by atoms with Gasteiger partial charge in [-0.1, -0.05) is 65.7 Å². The fourth-order valence-corrected chi connectivity index (χ4v) is 2.79. The van der Waals surface area contributed by atoms with Crippen LogP contribution in [0.1, 0.15) is 10.4 Å². The fraction of sp³-hybridized carbons (Fsp3) is 0. The number of benzene rings is 3. The molecule has 0 spiro atoms. The quantitative estimate of drug-likeness (QED) is 0.597. The molecule has 3 aromatic rings. The van der Waals surface area contributed by atoms with E-state index in [1.54, 1.807) is 12.1 Å². The highest BCUT2D eigenvalue weighted by atomic mass is 35.5. The Morgan fingerprint density at radius 2 is 1.50 bits per heavy atom. The van der Waals surface area contributed by atoms with E-state index < -0.39 is 0 Å². The molecule has 1 amide bonds. The van der Waals surface area contributed by atoms with E-state index in [1.807, 2.05) is 42.5 Å². The van der Waals surface area contributed by atoms with Gasteiger partial charge in [-0.25, -0.2) is 0 Å². The van der Waals surface area contributed by atoms with Crippen molar-refractivity contribution in [1.29, 1.82) is 0 Å². The van der Waals surface area contributed by atoms with Crippen LogP contribution < -0.4 is 5.32 Å². The average molecular weight is 358 g/mol. The van der Waals surface area contributed by atoms with Gasteiger partial charge in [0, 0.05) is 10.6 Å². The maximum absolute atomic E-state index is 12.3. The molecule has 0 aromatic heterocycles. The summed E-state index contributed by atoms with van der Waals surface area (Å²) in [5, 5.41) is 12.9. The summed E-state index contributed by atoms with van der Waals surface area (Å²) in [6.45, 7) is 0. The van der Waals surface area contributed by atoms with Crippen LogP contribution in [-0.2, 0) is 0 Å². The summed E-state index contributed by atoms with van der Waals surface area (Å²) in [5.41, 5.74) is 2.72. The molecule has 0 aliphatic rings. The van der Waals surface area contributed by atoms with Gasteiger partial charge in [0.2, 0.25) is 0 Å². The molecule has 3 rings (SSSR count). The molecule has 0 fully saturated rings. The number of nitrogens with one attached hydrogen (secondary N) is 1. The van der Waals surface area contributed by atoms with Crippen molar-refractivity contribution < 1.29 is 9.90 Å². The first-order valence-corrected chi connectivity index (χ1v) is 7.95. The minimum Gasteiger partial charge on any atom is -0.504 e. The zero-order valence-electron chi connectivity index (χ0n) is 12.5. The third-order valence-electron chi connectivity index (χ3n) is 3.53. The topological polar surface area (TPSA) is 49.3 Å². The number of hydrogen-bond acceptors (Lipinski definition) is 2. The number of amides is 1. The van der Waals surface area contributed by atoms with Gasteiger partial charge in [-0.3, -0.25) is 4.79 Å². The molecule has 3 nitrogen and oxygen atoms in total. The molecule has 0 heterocycles. The number of carbonyl (C=O) groups is 1. The summed E-state index contributed by atoms with van der Waals surface area (Å²) in [6.07, 6.45) is 0. The number of aromatic hydroxyl groups is 1. The molecule has 0 aliphatic carbocycles. The lowest BCUT2D eigenvalue weighted by atomic mass is 10.0. The second-order valence-electron chi connectivity index (χ2n) is 5.18. The smallest absolute Gasteiger partial charge is 0.255 e. The van der Waals surface area contributed by atoms with Crippen molar-refractivity contribution in [3.05, 3.63) is 82.3 Å². The third-order valence-corrected chi connectivity index (χ3v) is 4.04. The molecule has 3 aromatic carbocycles. The molecule has 0 aliphatic heterocycles. The largest absolute Gasteiger partial charge is 0.504 e. The Bertz CT molecular complexity index is 878. The SMILES string of the molecule is O=C(Nc1cc(Cl)cc(Cl)c1O)c1ccc(-c2ccccc2)cc1. The van der Waals surface area contributed by atoms with Crippen molar-refractivity contribution in [3.63, 3.8) is 0 Å². The van der Waals surface area contributed by atoms with Gasteiger partial charge < -0.3 is 10.4 Å². The van der Waals surface area contributed by atoms with Crippen LogP contribution in [0.3, 0.4) is 0 Å². The molecule has 2 N–H and O–H groups in total. The monoisotopic (exact) mass is 357 g/mol. The van der Waals surface area contributed by atoms with Gasteiger partial charge in [0.25, 0.3) is 5.91 Å². The van der Waals surface area contributed by atoms with E-state index in [1.165, 1.54) is 12.1 Å². The molecule has 0 unspecified atom stereocenters. The fourth-order valence-electron chi connectivity index (χ4n) is 2.30. The van der Waals surface area contributed by atoms with Gasteiger partial charge >= 0.3 is 0 Å². The van der Waals surface area contributed by atoms with Gasteiger partial charge in [0.05, 0.1) is 10.7 Å². The molecule has 0 saturated heterocycles. The van der Waals surface area contributed by atoms with Gasteiger partial charge in [-0.05, 0) is 35.4 Å². The van der Waals surface area contributed by atoms with Crippen molar-refractivity contribution >= 4 is 34.8 Å². The first-order valence-electron chi connectivity index (χ1n) is 7.19. The van der Waals surface area contributed by atoms with Crippen molar-refractivity contribution in [2.45, 2.75) is 0 Å². The Labute approximate surface area is 149 Å². The van der Waals surface area contributed by atoms with Gasteiger partial charge in [-0.15, -0.1) is 0 Å². The molecule has 0 radical (unpaired) electrons. The van der Waals surface area contributed by atoms with Crippen LogP contribution in [0.5, 0.6) is 5.75 Å². The van der Waals surface area contributed by atoms with Gasteiger partial charge in [0.15, 0.2) is 5.75 Å². The lowest BCUT2D eigenvalue weighted by Gasteiger charge is -2.10. The van der Waals surface area contributed by atoms with E-state index in [2.05, 4.69) is 5.32 Å². The predicted octanol–water partition coefficient (Wildman–Crippen LogP) is 5.62. The Balaban J connectivity index is 1.81. The van der Waals surface area contributed by atoms with Crippen LogP contribution in [0.25, 0.3) is 11.1 Å². The van der Waals surface area contributed by atoms with Crippen molar-refractivity contribution in [3.8, 4) is 16.9 Å². The summed E-state index contributed by atoms with van der Waals surface area (Å²) in [5.74, 6) is -0.571. The zero-order valence-corrected chi connectivity index (χ0v) is 14.0. The van der Waals surface area contributed by atoms with E-state index in [0.29, 0.717) is 10.6 Å². The maximum Gasteiger partial charge on any atom is 0.255 e. The second-order valence-corrected chi connectivity index (χ2v) is 6.02. The number of phenolic OH excluding ortho intramolecular Hbond substituents is 1. The van der Waals surface area contributed by atoms with Crippen LogP contribution in [0, 0.1) is 0 Å². The summed E-state index contributed by atoms with van der Waals surface area (Å²) < 4.78 is 0. The Kier molecular flexibility index (Phi) is 4.74. The summed E-state index contributed by atoms with van der Waals surface area (Å²) in [6, 6.07) is 19.9. The summed E-state index contributed by atoms with van der Waals surface area (Å²) in [4.78, 5) is 12.3. The van der Waals surface area contributed by atoms with Gasteiger partial charge in [-0.2, -0.15) is 0 Å². The van der Waals surface area contributed by atoms with Crippen molar-refractivity contribution in [2.75, 3.05) is 5.32 Å². The molecule has 120 valence electrons. The normalized spacial score (nSPS) is 10.4. The lowest BCUT2D eigenvalue weighted by molar-refractivity contribution is 0.102. The van der Waals surface area contributed by atoms with Crippen LogP contribution in [0.4, 0.5) is 5.69 Å². The predicted molar refractivity (Wildman–Crippen MR) is 98.0 cm³/mol. The molecular weight excluding hydrogens is 345 g/mol. The van der Waals surface area contributed by atoms with E-state index in [4.69, 9.17) is 23.2 Å². The van der Waals surface area contributed by atoms with E-state index in [-0.39, 0.29) is 22.4 Å². The summed E-state index contributed by atoms with van der Waals surface area (Å²) in [7, 11) is 0. The molecule has 0 saturated carbocycles. The Hall–Kier alpha value is -2.49. The minimum atomic E-state index is -0.358. The molecule has 0 bridgehead atoms. The van der Waals surface area contributed by atoms with Crippen LogP contribution in [0.15, 0.2) is 66.7 Å². The van der Waals surface area contributed by atoms with Crippen molar-refractivity contribution in [2.24, 2.45) is 0 Å². The number of anilines is 1. The molecular formula is C19H13Cl2NO2. The van der Waals surface area contributed by atoms with E-state index in [9.17, 15) is 9.90 Å². The number of phenols is 1. The zero-order chi connectivity index (χ0) is 17.1. The number of carbonyl (C=O) groups excluding carboxylic acids is 1. The third kappa shape index (κ3) is 3.53. The maximum atomic E-state index is 12.3. The van der Waals surface area contributed by atoms with Gasteiger partial charge in [0.1, 0.15) is 0 Å². The summed E-state index contributed by atoms with van der Waals surface area (Å²) >= 11 is 11.7. The minimum absolute atomic E-state index is 0.0808. The average Bonchev–Trinajstić information content (AvgIpc) is 2.60. The first-order chi connectivity index (χ1) is 11.5. The Morgan fingerprint density at radius 1 is 0.875 bits per heavy atom. The van der Waals surface area contributed by atoms with E-state index >= 15 is 0 Å². The first kappa shape index (κ1) is 16.4. The van der Waals surface area contributed by atoms with Crippen molar-refractivity contribution in [1.82, 2.24) is 0 Å². The highest BCUT2D eigenvalue weighted by Crippen LogP contribution is 2.35.